The van der Waals surface area contributed by atoms with Crippen LogP contribution in [0.3, 0.4) is 0 Å². The second-order valence-corrected chi connectivity index (χ2v) is 6.58. The molecule has 0 saturated carbocycles. The Hall–Kier alpha value is -0.950. The summed E-state index contributed by atoms with van der Waals surface area (Å²) in [6.07, 6.45) is 2.27. The van der Waals surface area contributed by atoms with Crippen molar-refractivity contribution in [2.45, 2.75) is 25.2 Å². The third-order valence-corrected chi connectivity index (χ3v) is 4.67. The van der Waals surface area contributed by atoms with Crippen LogP contribution in [0.5, 0.6) is 0 Å². The standard InChI is InChI=1S/C10H17N3O3S/c1-11-5-2-3-9-12-10(13-16-9)8-4-6-17(14,15)7-8/h8,11H,2-7H2,1H3. The molecule has 1 saturated heterocycles. The molecule has 1 fully saturated rings. The zero-order valence-corrected chi connectivity index (χ0v) is 10.7. The Kier molecular flexibility index (Phi) is 3.78. The van der Waals surface area contributed by atoms with E-state index in [2.05, 4.69) is 15.5 Å². The first kappa shape index (κ1) is 12.5. The van der Waals surface area contributed by atoms with Crippen molar-refractivity contribution in [2.75, 3.05) is 25.1 Å². The van der Waals surface area contributed by atoms with Crippen molar-refractivity contribution in [2.24, 2.45) is 0 Å². The Morgan fingerprint density at radius 2 is 2.35 bits per heavy atom. The molecule has 0 bridgehead atoms. The highest BCUT2D eigenvalue weighted by molar-refractivity contribution is 7.91. The maximum atomic E-state index is 11.3. The SMILES string of the molecule is CNCCCc1nc(C2CCS(=O)(=O)C2)no1. The largest absolute Gasteiger partial charge is 0.339 e. The number of nitrogens with zero attached hydrogens (tertiary/aromatic N) is 2. The summed E-state index contributed by atoms with van der Waals surface area (Å²) in [4.78, 5) is 4.26. The first-order valence-corrected chi connectivity index (χ1v) is 7.60. The smallest absolute Gasteiger partial charge is 0.226 e. The van der Waals surface area contributed by atoms with Gasteiger partial charge in [0.15, 0.2) is 15.7 Å². The van der Waals surface area contributed by atoms with Crippen molar-refractivity contribution in [3.05, 3.63) is 11.7 Å². The zero-order valence-electron chi connectivity index (χ0n) is 9.85. The fourth-order valence-corrected chi connectivity index (χ4v) is 3.69. The minimum atomic E-state index is -2.89. The van der Waals surface area contributed by atoms with Gasteiger partial charge in [0.05, 0.1) is 11.5 Å². The highest BCUT2D eigenvalue weighted by Crippen LogP contribution is 2.26. The average Bonchev–Trinajstić information content (AvgIpc) is 2.85. The maximum Gasteiger partial charge on any atom is 0.226 e. The van der Waals surface area contributed by atoms with Crippen LogP contribution in [0.2, 0.25) is 0 Å². The van der Waals surface area contributed by atoms with Gasteiger partial charge < -0.3 is 9.84 Å². The molecule has 1 N–H and O–H groups in total. The first-order valence-electron chi connectivity index (χ1n) is 5.78. The molecule has 96 valence electrons. The third-order valence-electron chi connectivity index (χ3n) is 2.90. The van der Waals surface area contributed by atoms with E-state index < -0.39 is 9.84 Å². The summed E-state index contributed by atoms with van der Waals surface area (Å²) in [5.41, 5.74) is 0. The van der Waals surface area contributed by atoms with Gasteiger partial charge in [0.25, 0.3) is 0 Å². The van der Waals surface area contributed by atoms with Crippen LogP contribution in [-0.4, -0.2) is 43.7 Å². The van der Waals surface area contributed by atoms with Crippen molar-refractivity contribution in [1.82, 2.24) is 15.5 Å². The maximum absolute atomic E-state index is 11.3. The summed E-state index contributed by atoms with van der Waals surface area (Å²) in [7, 11) is -0.995. The number of hydrogen-bond donors (Lipinski definition) is 1. The quantitative estimate of drug-likeness (QED) is 0.756. The molecule has 1 aliphatic rings. The van der Waals surface area contributed by atoms with E-state index in [1.807, 2.05) is 7.05 Å². The monoisotopic (exact) mass is 259 g/mol. The number of rotatable bonds is 5. The van der Waals surface area contributed by atoms with Gasteiger partial charge >= 0.3 is 0 Å². The number of aryl methyl sites for hydroxylation is 1. The van der Waals surface area contributed by atoms with Gasteiger partial charge in [0.1, 0.15) is 0 Å². The second kappa shape index (κ2) is 5.14. The van der Waals surface area contributed by atoms with Crippen molar-refractivity contribution in [3.8, 4) is 0 Å². The molecule has 2 heterocycles. The van der Waals surface area contributed by atoms with Crippen LogP contribution in [0, 0.1) is 0 Å². The molecule has 1 unspecified atom stereocenters. The summed E-state index contributed by atoms with van der Waals surface area (Å²) in [5.74, 6) is 1.45. The molecule has 0 radical (unpaired) electrons. The van der Waals surface area contributed by atoms with E-state index in [0.29, 0.717) is 18.1 Å². The lowest BCUT2D eigenvalue weighted by atomic mass is 10.1. The highest BCUT2D eigenvalue weighted by Gasteiger charge is 2.32. The van der Waals surface area contributed by atoms with Gasteiger partial charge in [0, 0.05) is 12.3 Å². The zero-order chi connectivity index (χ0) is 12.3. The predicted octanol–water partition coefficient (Wildman–Crippen LogP) is 0.124. The Balaban J connectivity index is 1.94. The molecule has 0 aromatic carbocycles. The number of aromatic nitrogens is 2. The minimum absolute atomic E-state index is 0.0817. The fraction of sp³-hybridized carbons (Fsp3) is 0.800. The third kappa shape index (κ3) is 3.26. The number of hydrogen-bond acceptors (Lipinski definition) is 6. The molecule has 6 nitrogen and oxygen atoms in total. The van der Waals surface area contributed by atoms with Crippen molar-refractivity contribution >= 4 is 9.84 Å². The van der Waals surface area contributed by atoms with Crippen LogP contribution in [-0.2, 0) is 16.3 Å². The molecule has 7 heteroatoms. The molecule has 1 aliphatic heterocycles. The van der Waals surface area contributed by atoms with E-state index in [-0.39, 0.29) is 17.4 Å². The van der Waals surface area contributed by atoms with E-state index in [0.717, 1.165) is 19.4 Å². The number of sulfone groups is 1. The lowest BCUT2D eigenvalue weighted by Crippen LogP contribution is -2.08. The summed E-state index contributed by atoms with van der Waals surface area (Å²) in [5, 5.41) is 6.91. The van der Waals surface area contributed by atoms with Crippen LogP contribution in [0.25, 0.3) is 0 Å². The molecular weight excluding hydrogens is 242 g/mol. The average molecular weight is 259 g/mol. The van der Waals surface area contributed by atoms with Crippen LogP contribution >= 0.6 is 0 Å². The minimum Gasteiger partial charge on any atom is -0.339 e. The first-order chi connectivity index (χ1) is 8.11. The van der Waals surface area contributed by atoms with Crippen LogP contribution in [0.15, 0.2) is 4.52 Å². The Bertz CT molecular complexity index is 469. The van der Waals surface area contributed by atoms with Gasteiger partial charge in [-0.15, -0.1) is 0 Å². The van der Waals surface area contributed by atoms with Gasteiger partial charge in [0.2, 0.25) is 5.89 Å². The lowest BCUT2D eigenvalue weighted by molar-refractivity contribution is 0.367. The van der Waals surface area contributed by atoms with Crippen molar-refractivity contribution < 1.29 is 12.9 Å². The lowest BCUT2D eigenvalue weighted by Gasteiger charge is -1.98. The van der Waals surface area contributed by atoms with Gasteiger partial charge in [-0.2, -0.15) is 4.98 Å². The molecule has 1 aromatic heterocycles. The Labute approximate surface area is 101 Å². The topological polar surface area (TPSA) is 85.1 Å². The van der Waals surface area contributed by atoms with Gasteiger partial charge in [-0.05, 0) is 26.4 Å². The summed E-state index contributed by atoms with van der Waals surface area (Å²) >= 11 is 0. The molecule has 0 aliphatic carbocycles. The van der Waals surface area contributed by atoms with E-state index in [1.165, 1.54) is 0 Å². The Morgan fingerprint density at radius 3 is 3.00 bits per heavy atom. The van der Waals surface area contributed by atoms with E-state index in [4.69, 9.17) is 4.52 Å². The molecule has 17 heavy (non-hydrogen) atoms. The molecular formula is C10H17N3O3S. The highest BCUT2D eigenvalue weighted by atomic mass is 32.2. The van der Waals surface area contributed by atoms with Crippen LogP contribution in [0.1, 0.15) is 30.5 Å². The van der Waals surface area contributed by atoms with Crippen molar-refractivity contribution in [1.29, 1.82) is 0 Å². The van der Waals surface area contributed by atoms with Gasteiger partial charge in [-0.25, -0.2) is 8.42 Å². The van der Waals surface area contributed by atoms with Crippen molar-refractivity contribution in [3.63, 3.8) is 0 Å². The molecule has 0 spiro atoms. The number of nitrogens with one attached hydrogen (secondary N) is 1. The molecule has 0 amide bonds. The van der Waals surface area contributed by atoms with Gasteiger partial charge in [-0.3, -0.25) is 0 Å². The molecule has 1 atom stereocenters. The molecule has 1 aromatic rings. The summed E-state index contributed by atoms with van der Waals surface area (Å²) in [6.45, 7) is 0.898. The fourth-order valence-electron chi connectivity index (χ4n) is 1.95. The second-order valence-electron chi connectivity index (χ2n) is 4.35. The normalized spacial score (nSPS) is 23.0. The van der Waals surface area contributed by atoms with E-state index >= 15 is 0 Å². The van der Waals surface area contributed by atoms with E-state index in [9.17, 15) is 8.42 Å². The summed E-state index contributed by atoms with van der Waals surface area (Å²) in [6, 6.07) is 0. The predicted molar refractivity (Wildman–Crippen MR) is 62.6 cm³/mol. The van der Waals surface area contributed by atoms with Gasteiger partial charge in [-0.1, -0.05) is 5.16 Å². The van der Waals surface area contributed by atoms with Crippen LogP contribution in [0.4, 0.5) is 0 Å². The van der Waals surface area contributed by atoms with Crippen LogP contribution < -0.4 is 5.32 Å². The summed E-state index contributed by atoms with van der Waals surface area (Å²) < 4.78 is 27.8. The Morgan fingerprint density at radius 1 is 1.53 bits per heavy atom. The van der Waals surface area contributed by atoms with E-state index in [1.54, 1.807) is 0 Å². The molecule has 2 rings (SSSR count).